The van der Waals surface area contributed by atoms with Crippen LogP contribution in [0.15, 0.2) is 30.9 Å². The Hall–Kier alpha value is -2.83. The molecule has 0 spiro atoms. The van der Waals surface area contributed by atoms with Crippen molar-refractivity contribution < 1.29 is 19.1 Å². The summed E-state index contributed by atoms with van der Waals surface area (Å²) in [4.78, 5) is 37.2. The van der Waals surface area contributed by atoms with Crippen LogP contribution in [0.4, 0.5) is 10.5 Å². The molecule has 1 aromatic rings. The summed E-state index contributed by atoms with van der Waals surface area (Å²) >= 11 is 0. The quantitative estimate of drug-likeness (QED) is 0.807. The van der Waals surface area contributed by atoms with Crippen molar-refractivity contribution in [1.82, 2.24) is 10.2 Å². The van der Waals surface area contributed by atoms with Crippen molar-refractivity contribution in [2.45, 2.75) is 39.3 Å². The molecule has 0 aromatic heterocycles. The molecule has 7 nitrogen and oxygen atoms in total. The Morgan fingerprint density at radius 3 is 2.69 bits per heavy atom. The van der Waals surface area contributed by atoms with Crippen LogP contribution in [0.3, 0.4) is 0 Å². The summed E-state index contributed by atoms with van der Waals surface area (Å²) in [7, 11) is 0. The Kier molecular flexibility index (Phi) is 6.02. The summed E-state index contributed by atoms with van der Waals surface area (Å²) in [6.07, 6.45) is 1.42. The summed E-state index contributed by atoms with van der Waals surface area (Å²) < 4.78 is 5.43. The number of fused-ring (bicyclic) bond motifs is 1. The van der Waals surface area contributed by atoms with Gasteiger partial charge in [-0.25, -0.2) is 4.79 Å². The van der Waals surface area contributed by atoms with Crippen molar-refractivity contribution in [3.8, 4) is 0 Å². The number of nitrogens with one attached hydrogen (secondary N) is 2. The fourth-order valence-electron chi connectivity index (χ4n) is 2.61. The minimum absolute atomic E-state index is 0.149. The molecule has 0 bridgehead atoms. The van der Waals surface area contributed by atoms with Crippen LogP contribution in [0.2, 0.25) is 0 Å². The van der Waals surface area contributed by atoms with E-state index in [1.807, 2.05) is 32.9 Å². The van der Waals surface area contributed by atoms with Gasteiger partial charge in [0.1, 0.15) is 5.60 Å². The van der Waals surface area contributed by atoms with Gasteiger partial charge in [-0.05, 0) is 50.5 Å². The predicted octanol–water partition coefficient (Wildman–Crippen LogP) is 2.22. The fraction of sp³-hybridized carbons (Fsp3) is 0.421. The number of amides is 3. The van der Waals surface area contributed by atoms with Crippen LogP contribution in [0.25, 0.3) is 0 Å². The smallest absolute Gasteiger partial charge is 0.410 e. The molecule has 0 atom stereocenters. The predicted molar refractivity (Wildman–Crippen MR) is 98.6 cm³/mol. The first-order chi connectivity index (χ1) is 12.2. The number of carbonyl (C=O) groups is 3. The molecule has 2 rings (SSSR count). The molecule has 0 fully saturated rings. The molecular weight excluding hydrogens is 334 g/mol. The van der Waals surface area contributed by atoms with Crippen molar-refractivity contribution >= 4 is 23.6 Å². The second kappa shape index (κ2) is 8.03. The average Bonchev–Trinajstić information content (AvgIpc) is 2.58. The van der Waals surface area contributed by atoms with E-state index in [0.717, 1.165) is 17.2 Å². The van der Waals surface area contributed by atoms with Gasteiger partial charge in [0.05, 0.1) is 13.1 Å². The highest BCUT2D eigenvalue weighted by Gasteiger charge is 2.27. The Morgan fingerprint density at radius 2 is 2.04 bits per heavy atom. The van der Waals surface area contributed by atoms with E-state index in [0.29, 0.717) is 25.2 Å². The highest BCUT2D eigenvalue weighted by Crippen LogP contribution is 2.27. The first-order valence-corrected chi connectivity index (χ1v) is 8.48. The summed E-state index contributed by atoms with van der Waals surface area (Å²) in [6, 6.07) is 5.63. The van der Waals surface area contributed by atoms with Crippen molar-refractivity contribution in [2.75, 3.05) is 18.4 Å². The van der Waals surface area contributed by atoms with Crippen LogP contribution >= 0.6 is 0 Å². The van der Waals surface area contributed by atoms with Crippen LogP contribution in [0, 0.1) is 0 Å². The molecule has 0 saturated heterocycles. The zero-order valence-corrected chi connectivity index (χ0v) is 15.4. The van der Waals surface area contributed by atoms with Gasteiger partial charge in [0.25, 0.3) is 0 Å². The maximum atomic E-state index is 12.3. The van der Waals surface area contributed by atoms with E-state index in [4.69, 9.17) is 4.74 Å². The van der Waals surface area contributed by atoms with Crippen LogP contribution < -0.4 is 10.6 Å². The van der Waals surface area contributed by atoms with Gasteiger partial charge in [0.15, 0.2) is 0 Å². The van der Waals surface area contributed by atoms with E-state index in [1.165, 1.54) is 0 Å². The summed E-state index contributed by atoms with van der Waals surface area (Å²) in [5.74, 6) is -0.755. The molecule has 2 N–H and O–H groups in total. The highest BCUT2D eigenvalue weighted by molar-refractivity contribution is 5.97. The standard InChI is InChI=1S/C19H25N3O4/c1-5-16(23)20-11-17(24)21-15-8-6-7-13-9-10-22(12-14(13)15)18(25)26-19(2,3)4/h5-8H,1,9-12H2,2-4H3,(H,20,23)(H,21,24). The third kappa shape index (κ3) is 5.34. The summed E-state index contributed by atoms with van der Waals surface area (Å²) in [5, 5.41) is 5.22. The number of benzene rings is 1. The Morgan fingerprint density at radius 1 is 1.31 bits per heavy atom. The zero-order valence-electron chi connectivity index (χ0n) is 15.4. The number of nitrogens with zero attached hydrogens (tertiary/aromatic N) is 1. The van der Waals surface area contributed by atoms with E-state index in [9.17, 15) is 14.4 Å². The minimum atomic E-state index is -0.561. The average molecular weight is 359 g/mol. The molecule has 0 aliphatic carbocycles. The molecule has 1 heterocycles. The normalized spacial score (nSPS) is 13.4. The minimum Gasteiger partial charge on any atom is -0.444 e. The van der Waals surface area contributed by atoms with E-state index in [2.05, 4.69) is 17.2 Å². The van der Waals surface area contributed by atoms with Crippen LogP contribution in [0.5, 0.6) is 0 Å². The lowest BCUT2D eigenvalue weighted by Gasteiger charge is -2.32. The maximum Gasteiger partial charge on any atom is 0.410 e. The molecule has 0 saturated carbocycles. The summed E-state index contributed by atoms with van der Waals surface area (Å²) in [5.41, 5.74) is 2.04. The molecule has 140 valence electrons. The fourth-order valence-corrected chi connectivity index (χ4v) is 2.61. The molecule has 1 aromatic carbocycles. The first kappa shape index (κ1) is 19.5. The lowest BCUT2D eigenvalue weighted by molar-refractivity contribution is -0.121. The number of carbonyl (C=O) groups excluding carboxylic acids is 3. The van der Waals surface area contributed by atoms with E-state index in [-0.39, 0.29) is 18.5 Å². The van der Waals surface area contributed by atoms with Gasteiger partial charge in [-0.1, -0.05) is 18.7 Å². The molecule has 1 aliphatic heterocycles. The van der Waals surface area contributed by atoms with Crippen molar-refractivity contribution in [3.05, 3.63) is 42.0 Å². The monoisotopic (exact) mass is 359 g/mol. The van der Waals surface area contributed by atoms with Crippen LogP contribution in [-0.4, -0.2) is 41.5 Å². The topological polar surface area (TPSA) is 87.7 Å². The van der Waals surface area contributed by atoms with Gasteiger partial charge in [0, 0.05) is 12.2 Å². The van der Waals surface area contributed by atoms with Crippen LogP contribution in [-0.2, 0) is 27.3 Å². The third-order valence-corrected chi connectivity index (χ3v) is 3.81. The molecule has 3 amide bonds. The highest BCUT2D eigenvalue weighted by atomic mass is 16.6. The van der Waals surface area contributed by atoms with E-state index >= 15 is 0 Å². The Bertz CT molecular complexity index is 722. The van der Waals surface area contributed by atoms with E-state index < -0.39 is 11.5 Å². The van der Waals surface area contributed by atoms with Crippen molar-refractivity contribution in [1.29, 1.82) is 0 Å². The maximum absolute atomic E-state index is 12.3. The third-order valence-electron chi connectivity index (χ3n) is 3.81. The van der Waals surface area contributed by atoms with Gasteiger partial charge >= 0.3 is 6.09 Å². The number of ether oxygens (including phenoxy) is 1. The Balaban J connectivity index is 2.08. The molecular formula is C19H25N3O4. The van der Waals surface area contributed by atoms with Crippen molar-refractivity contribution in [3.63, 3.8) is 0 Å². The van der Waals surface area contributed by atoms with Gasteiger partial charge in [0.2, 0.25) is 11.8 Å². The van der Waals surface area contributed by atoms with Gasteiger partial charge < -0.3 is 20.3 Å². The molecule has 0 unspecified atom stereocenters. The first-order valence-electron chi connectivity index (χ1n) is 8.48. The molecule has 7 heteroatoms. The van der Waals surface area contributed by atoms with Crippen LogP contribution in [0.1, 0.15) is 31.9 Å². The van der Waals surface area contributed by atoms with Crippen molar-refractivity contribution in [2.24, 2.45) is 0 Å². The second-order valence-corrected chi connectivity index (χ2v) is 7.07. The molecule has 26 heavy (non-hydrogen) atoms. The van der Waals surface area contributed by atoms with E-state index in [1.54, 1.807) is 11.0 Å². The largest absolute Gasteiger partial charge is 0.444 e. The lowest BCUT2D eigenvalue weighted by atomic mass is 9.98. The Labute approximate surface area is 153 Å². The number of anilines is 1. The van der Waals surface area contributed by atoms with Gasteiger partial charge in [-0.3, -0.25) is 9.59 Å². The molecule has 1 aliphatic rings. The summed E-state index contributed by atoms with van der Waals surface area (Å²) in [6.45, 7) is 9.59. The number of hydrogen-bond donors (Lipinski definition) is 2. The molecule has 0 radical (unpaired) electrons. The van der Waals surface area contributed by atoms with Gasteiger partial charge in [-0.15, -0.1) is 0 Å². The zero-order chi connectivity index (χ0) is 19.3. The lowest BCUT2D eigenvalue weighted by Crippen LogP contribution is -2.40. The second-order valence-electron chi connectivity index (χ2n) is 7.07. The SMILES string of the molecule is C=CC(=O)NCC(=O)Nc1cccc2c1CN(C(=O)OC(C)(C)C)CC2. The van der Waals surface area contributed by atoms with Gasteiger partial charge in [-0.2, -0.15) is 0 Å². The number of hydrogen-bond acceptors (Lipinski definition) is 4. The number of rotatable bonds is 4.